The van der Waals surface area contributed by atoms with Crippen molar-refractivity contribution in [2.24, 2.45) is 11.8 Å². The molecule has 0 N–H and O–H groups in total. The van der Waals surface area contributed by atoms with Gasteiger partial charge in [-0.1, -0.05) is 95.4 Å². The van der Waals surface area contributed by atoms with Crippen LogP contribution in [0.5, 0.6) is 0 Å². The Balaban J connectivity index is 0.000000554. The van der Waals surface area contributed by atoms with Crippen molar-refractivity contribution in [3.8, 4) is 0 Å². The van der Waals surface area contributed by atoms with E-state index in [1.54, 1.807) is 0 Å². The molecule has 0 nitrogen and oxygen atoms in total. The van der Waals surface area contributed by atoms with Gasteiger partial charge in [-0.05, 0) is 55.4 Å². The summed E-state index contributed by atoms with van der Waals surface area (Å²) in [7, 11) is 0. The molecular formula is C25H38. The number of allylic oxidation sites excluding steroid dienone is 14. The Hall–Kier alpha value is -1.82. The van der Waals surface area contributed by atoms with E-state index in [0.717, 1.165) is 12.3 Å². The summed E-state index contributed by atoms with van der Waals surface area (Å²) in [4.78, 5) is 0. The van der Waals surface area contributed by atoms with E-state index >= 15 is 0 Å². The van der Waals surface area contributed by atoms with Gasteiger partial charge in [0, 0.05) is 5.92 Å². The first-order chi connectivity index (χ1) is 11.6. The second kappa shape index (κ2) is 11.7. The van der Waals surface area contributed by atoms with E-state index in [1.165, 1.54) is 27.9 Å². The first-order valence-electron chi connectivity index (χ1n) is 9.32. The summed E-state index contributed by atoms with van der Waals surface area (Å²) in [5, 5.41) is 0. The maximum absolute atomic E-state index is 2.36. The normalized spacial score (nSPS) is 24.8. The summed E-state index contributed by atoms with van der Waals surface area (Å²) in [5.41, 5.74) is 7.45. The average Bonchev–Trinajstić information content (AvgIpc) is 2.79. The van der Waals surface area contributed by atoms with Crippen molar-refractivity contribution in [2.45, 2.75) is 62.3 Å². The molecule has 0 spiro atoms. The molecule has 0 saturated heterocycles. The van der Waals surface area contributed by atoms with Gasteiger partial charge in [-0.25, -0.2) is 0 Å². The molecule has 0 bridgehead atoms. The first kappa shape index (κ1) is 23.2. The highest BCUT2D eigenvalue weighted by Gasteiger charge is 2.30. The van der Waals surface area contributed by atoms with Crippen LogP contribution in [0.25, 0.3) is 0 Å². The van der Waals surface area contributed by atoms with Gasteiger partial charge in [-0.3, -0.25) is 0 Å². The third-order valence-electron chi connectivity index (χ3n) is 4.44. The standard InChI is InChI=1S/C16H16.C6H12.C2H6.CH4/c1-11-12(2)15-10-6-8-13-7-4-3-5-9-14(11)16(13)15;1-4-5-6(2)3;1-2;/h3-7,9-10,15H,8H2,1-2H3;4-6H,1-3H3;1-2H3;1H4/b4-3?,5-3-,7-4-,9-5?,13-7?,14-9-;5-4-;;. The lowest BCUT2D eigenvalue weighted by molar-refractivity contribution is 0.830. The molecule has 0 saturated carbocycles. The van der Waals surface area contributed by atoms with Crippen LogP contribution in [0.15, 0.2) is 82.5 Å². The third-order valence-corrected chi connectivity index (χ3v) is 4.44. The molecule has 0 amide bonds. The molecule has 1 atom stereocenters. The Morgan fingerprint density at radius 1 is 1.08 bits per heavy atom. The van der Waals surface area contributed by atoms with Crippen LogP contribution < -0.4 is 0 Å². The van der Waals surface area contributed by atoms with Gasteiger partial charge in [-0.2, -0.15) is 0 Å². The minimum atomic E-state index is 0. The van der Waals surface area contributed by atoms with Crippen LogP contribution in [0.1, 0.15) is 62.3 Å². The quantitative estimate of drug-likeness (QED) is 0.423. The minimum Gasteiger partial charge on any atom is -0.0914 e. The highest BCUT2D eigenvalue weighted by molar-refractivity contribution is 5.65. The Morgan fingerprint density at radius 2 is 1.76 bits per heavy atom. The van der Waals surface area contributed by atoms with Crippen LogP contribution in [0.3, 0.4) is 0 Å². The summed E-state index contributed by atoms with van der Waals surface area (Å²) >= 11 is 0. The molecule has 0 heterocycles. The van der Waals surface area contributed by atoms with Gasteiger partial charge in [0.25, 0.3) is 0 Å². The Bertz CT molecular complexity index is 625. The van der Waals surface area contributed by atoms with Crippen molar-refractivity contribution in [3.63, 3.8) is 0 Å². The summed E-state index contributed by atoms with van der Waals surface area (Å²) in [6, 6.07) is 0. The average molecular weight is 339 g/mol. The van der Waals surface area contributed by atoms with Crippen LogP contribution in [-0.2, 0) is 0 Å². The van der Waals surface area contributed by atoms with Gasteiger partial charge in [0.1, 0.15) is 0 Å². The van der Waals surface area contributed by atoms with Gasteiger partial charge >= 0.3 is 0 Å². The second-order valence-corrected chi connectivity index (χ2v) is 6.45. The number of hydrogen-bond donors (Lipinski definition) is 0. The van der Waals surface area contributed by atoms with E-state index in [4.69, 9.17) is 0 Å². The molecule has 0 aromatic heterocycles. The van der Waals surface area contributed by atoms with Crippen molar-refractivity contribution in [3.05, 3.63) is 82.5 Å². The highest BCUT2D eigenvalue weighted by Crippen LogP contribution is 2.46. The van der Waals surface area contributed by atoms with Gasteiger partial charge in [-0.15, -0.1) is 0 Å². The maximum Gasteiger partial charge on any atom is 0.0240 e. The fourth-order valence-electron chi connectivity index (χ4n) is 3.23. The summed E-state index contributed by atoms with van der Waals surface area (Å²) in [5.74, 6) is 1.25. The number of rotatable bonds is 1. The summed E-state index contributed by atoms with van der Waals surface area (Å²) in [6.07, 6.45) is 20.9. The maximum atomic E-state index is 2.36. The van der Waals surface area contributed by atoms with Crippen LogP contribution >= 0.6 is 0 Å². The SMILES string of the molecule is C.C/C=C\C(C)C.CC.CC1=C(C)C2C=CCC3=C2C\1=C/C=C\C=C/3. The van der Waals surface area contributed by atoms with Crippen molar-refractivity contribution in [1.82, 2.24) is 0 Å². The Morgan fingerprint density at radius 3 is 2.32 bits per heavy atom. The van der Waals surface area contributed by atoms with Crippen molar-refractivity contribution < 1.29 is 0 Å². The van der Waals surface area contributed by atoms with Gasteiger partial charge in [0.2, 0.25) is 0 Å². The zero-order chi connectivity index (χ0) is 18.1. The van der Waals surface area contributed by atoms with E-state index in [2.05, 4.69) is 82.4 Å². The molecular weight excluding hydrogens is 300 g/mol. The van der Waals surface area contributed by atoms with E-state index in [-0.39, 0.29) is 7.43 Å². The van der Waals surface area contributed by atoms with Crippen LogP contribution in [0, 0.1) is 11.8 Å². The lowest BCUT2D eigenvalue weighted by atomic mass is 9.85. The molecule has 3 aliphatic carbocycles. The van der Waals surface area contributed by atoms with E-state index in [0.29, 0.717) is 5.92 Å². The predicted molar refractivity (Wildman–Crippen MR) is 117 cm³/mol. The minimum absolute atomic E-state index is 0. The molecule has 0 heteroatoms. The lowest BCUT2D eigenvalue weighted by Crippen LogP contribution is -2.05. The second-order valence-electron chi connectivity index (χ2n) is 6.45. The van der Waals surface area contributed by atoms with Crippen LogP contribution in [0.4, 0.5) is 0 Å². The zero-order valence-corrected chi connectivity index (χ0v) is 16.6. The molecule has 138 valence electrons. The molecule has 0 fully saturated rings. The summed E-state index contributed by atoms with van der Waals surface area (Å²) < 4.78 is 0. The Labute approximate surface area is 157 Å². The monoisotopic (exact) mass is 338 g/mol. The molecule has 3 rings (SSSR count). The van der Waals surface area contributed by atoms with E-state index in [1.807, 2.05) is 20.8 Å². The van der Waals surface area contributed by atoms with Crippen LogP contribution in [0.2, 0.25) is 0 Å². The molecule has 25 heavy (non-hydrogen) atoms. The van der Waals surface area contributed by atoms with Crippen molar-refractivity contribution in [1.29, 1.82) is 0 Å². The van der Waals surface area contributed by atoms with Crippen LogP contribution in [-0.4, -0.2) is 0 Å². The topological polar surface area (TPSA) is 0 Å². The number of hydrogen-bond acceptors (Lipinski definition) is 0. The van der Waals surface area contributed by atoms with E-state index < -0.39 is 0 Å². The zero-order valence-electron chi connectivity index (χ0n) is 16.6. The molecule has 0 aliphatic heterocycles. The fraction of sp³-hybridized carbons (Fsp3) is 0.440. The smallest absolute Gasteiger partial charge is 0.0240 e. The van der Waals surface area contributed by atoms with E-state index in [9.17, 15) is 0 Å². The predicted octanol–water partition coefficient (Wildman–Crippen LogP) is 8.14. The molecule has 0 radical (unpaired) electrons. The Kier molecular flexibility index (Phi) is 10.8. The lowest BCUT2D eigenvalue weighted by Gasteiger charge is -2.19. The fourth-order valence-corrected chi connectivity index (χ4v) is 3.23. The molecule has 0 aromatic carbocycles. The first-order valence-corrected chi connectivity index (χ1v) is 9.32. The summed E-state index contributed by atoms with van der Waals surface area (Å²) in [6.45, 7) is 14.9. The van der Waals surface area contributed by atoms with Gasteiger partial charge in [0.15, 0.2) is 0 Å². The third kappa shape index (κ3) is 5.88. The van der Waals surface area contributed by atoms with Gasteiger partial charge < -0.3 is 0 Å². The van der Waals surface area contributed by atoms with Crippen molar-refractivity contribution in [2.75, 3.05) is 0 Å². The highest BCUT2D eigenvalue weighted by atomic mass is 14.3. The molecule has 1 unspecified atom stereocenters. The van der Waals surface area contributed by atoms with Gasteiger partial charge in [0.05, 0.1) is 0 Å². The largest absolute Gasteiger partial charge is 0.0914 e. The molecule has 3 aliphatic rings. The molecule has 0 aromatic rings. The van der Waals surface area contributed by atoms with Crippen molar-refractivity contribution >= 4 is 0 Å².